The van der Waals surface area contributed by atoms with E-state index < -0.39 is 0 Å². The first kappa shape index (κ1) is 14.7. The number of hydrogen-bond donors (Lipinski definition) is 2. The lowest BCUT2D eigenvalue weighted by atomic mass is 10.1. The molecule has 0 unspecified atom stereocenters. The molecule has 0 saturated heterocycles. The Hall–Kier alpha value is -1.75. The molecule has 5 heteroatoms. The highest BCUT2D eigenvalue weighted by Gasteiger charge is 2.20. The minimum absolute atomic E-state index is 0.384. The molecule has 1 aliphatic rings. The lowest BCUT2D eigenvalue weighted by molar-refractivity contribution is 0.0602. The first-order chi connectivity index (χ1) is 9.72. The highest BCUT2D eigenvalue weighted by molar-refractivity contribution is 5.98. The molecule has 3 N–H and O–H groups in total. The summed E-state index contributed by atoms with van der Waals surface area (Å²) in [5.74, 6) is 0.406. The Balaban J connectivity index is 1.79. The summed E-state index contributed by atoms with van der Waals surface area (Å²) in [4.78, 5) is 11.7. The molecular weight excluding hydrogens is 256 g/mol. The van der Waals surface area contributed by atoms with Crippen LogP contribution in [0.5, 0.6) is 0 Å². The highest BCUT2D eigenvalue weighted by atomic mass is 16.5. The van der Waals surface area contributed by atoms with Crippen LogP contribution in [0.2, 0.25) is 0 Å². The molecule has 1 aromatic carbocycles. The van der Waals surface area contributed by atoms with E-state index in [0.29, 0.717) is 23.5 Å². The monoisotopic (exact) mass is 278 g/mol. The molecule has 1 aliphatic carbocycles. The topological polar surface area (TPSA) is 73.6 Å². The number of nitrogens with one attached hydrogen (secondary N) is 1. The average molecular weight is 278 g/mol. The summed E-state index contributed by atoms with van der Waals surface area (Å²) >= 11 is 0. The van der Waals surface area contributed by atoms with Gasteiger partial charge in [0.05, 0.1) is 24.0 Å². The number of methoxy groups -OCH3 is 1. The van der Waals surface area contributed by atoms with Crippen LogP contribution in [0.1, 0.15) is 29.6 Å². The standard InChI is InChI=1S/C15H22N2O3/c1-19-15(18)12-4-2-5-13(16)14(12)17-8-3-9-20-10-11-6-7-11/h2,4-5,11,17H,3,6-10,16H2,1H3. The number of benzene rings is 1. The van der Waals surface area contributed by atoms with E-state index in [2.05, 4.69) is 5.32 Å². The third kappa shape index (κ3) is 4.13. The van der Waals surface area contributed by atoms with Gasteiger partial charge in [0, 0.05) is 19.8 Å². The summed E-state index contributed by atoms with van der Waals surface area (Å²) < 4.78 is 10.3. The normalized spacial score (nSPS) is 14.1. The average Bonchev–Trinajstić information content (AvgIpc) is 3.27. The predicted molar refractivity (Wildman–Crippen MR) is 78.8 cm³/mol. The summed E-state index contributed by atoms with van der Waals surface area (Å²) in [5, 5.41) is 3.19. The SMILES string of the molecule is COC(=O)c1cccc(N)c1NCCCOCC1CC1. The van der Waals surface area contributed by atoms with Crippen LogP contribution >= 0.6 is 0 Å². The van der Waals surface area contributed by atoms with Gasteiger partial charge in [-0.25, -0.2) is 4.79 Å². The van der Waals surface area contributed by atoms with Crippen molar-refractivity contribution in [2.24, 2.45) is 5.92 Å². The first-order valence-corrected chi connectivity index (χ1v) is 7.00. The fourth-order valence-electron chi connectivity index (χ4n) is 1.97. The number of hydrogen-bond acceptors (Lipinski definition) is 5. The second-order valence-electron chi connectivity index (χ2n) is 5.06. The van der Waals surface area contributed by atoms with Crippen LogP contribution < -0.4 is 11.1 Å². The Labute approximate surface area is 119 Å². The Bertz CT molecular complexity index is 458. The lowest BCUT2D eigenvalue weighted by Crippen LogP contribution is -2.13. The molecule has 20 heavy (non-hydrogen) atoms. The number of carbonyl (C=O) groups excluding carboxylic acids is 1. The van der Waals surface area contributed by atoms with E-state index in [-0.39, 0.29) is 5.97 Å². The molecule has 0 aromatic heterocycles. The van der Waals surface area contributed by atoms with Gasteiger partial charge in [0.1, 0.15) is 0 Å². The number of esters is 1. The van der Waals surface area contributed by atoms with Crippen molar-refractivity contribution in [2.75, 3.05) is 37.9 Å². The number of ether oxygens (including phenoxy) is 2. The Morgan fingerprint density at radius 3 is 2.95 bits per heavy atom. The second kappa shape index (κ2) is 7.14. The van der Waals surface area contributed by atoms with E-state index in [9.17, 15) is 4.79 Å². The van der Waals surface area contributed by atoms with Crippen molar-refractivity contribution in [3.8, 4) is 0 Å². The molecule has 0 bridgehead atoms. The maximum absolute atomic E-state index is 11.7. The summed E-state index contributed by atoms with van der Waals surface area (Å²) in [5.41, 5.74) is 7.55. The van der Waals surface area contributed by atoms with Crippen LogP contribution in [0.3, 0.4) is 0 Å². The molecule has 5 nitrogen and oxygen atoms in total. The van der Waals surface area contributed by atoms with E-state index in [1.807, 2.05) is 0 Å². The van der Waals surface area contributed by atoms with Crippen molar-refractivity contribution in [2.45, 2.75) is 19.3 Å². The van der Waals surface area contributed by atoms with E-state index in [1.54, 1.807) is 18.2 Å². The van der Waals surface area contributed by atoms with E-state index in [4.69, 9.17) is 15.2 Å². The van der Waals surface area contributed by atoms with Gasteiger partial charge in [0.2, 0.25) is 0 Å². The molecule has 0 aliphatic heterocycles. The molecule has 0 atom stereocenters. The number of nitrogen functional groups attached to an aromatic ring is 1. The van der Waals surface area contributed by atoms with E-state index in [0.717, 1.165) is 25.6 Å². The van der Waals surface area contributed by atoms with Gasteiger partial charge in [0.25, 0.3) is 0 Å². The molecule has 0 radical (unpaired) electrons. The highest BCUT2D eigenvalue weighted by Crippen LogP contribution is 2.28. The maximum atomic E-state index is 11.7. The predicted octanol–water partition coefficient (Wildman–Crippen LogP) is 2.28. The van der Waals surface area contributed by atoms with Gasteiger partial charge in [-0.3, -0.25) is 0 Å². The zero-order valence-corrected chi connectivity index (χ0v) is 11.9. The van der Waals surface area contributed by atoms with Crippen LogP contribution in [0, 0.1) is 5.92 Å². The second-order valence-corrected chi connectivity index (χ2v) is 5.06. The van der Waals surface area contributed by atoms with Crippen LogP contribution in [-0.2, 0) is 9.47 Å². The Morgan fingerprint density at radius 2 is 2.25 bits per heavy atom. The van der Waals surface area contributed by atoms with Crippen molar-refractivity contribution in [1.82, 2.24) is 0 Å². The lowest BCUT2D eigenvalue weighted by Gasteiger charge is -2.13. The molecule has 1 aromatic rings. The molecule has 2 rings (SSSR count). The summed E-state index contributed by atoms with van der Waals surface area (Å²) in [6.07, 6.45) is 3.49. The number of para-hydroxylation sites is 1. The van der Waals surface area contributed by atoms with Gasteiger partial charge < -0.3 is 20.5 Å². The van der Waals surface area contributed by atoms with Gasteiger partial charge in [-0.1, -0.05) is 6.07 Å². The largest absolute Gasteiger partial charge is 0.465 e. The molecule has 1 saturated carbocycles. The van der Waals surface area contributed by atoms with Crippen molar-refractivity contribution in [1.29, 1.82) is 0 Å². The summed E-state index contributed by atoms with van der Waals surface area (Å²) in [7, 11) is 1.36. The first-order valence-electron chi connectivity index (χ1n) is 7.00. The van der Waals surface area contributed by atoms with Crippen molar-refractivity contribution in [3.05, 3.63) is 23.8 Å². The fraction of sp³-hybridized carbons (Fsp3) is 0.533. The molecule has 0 spiro atoms. The minimum atomic E-state index is -0.384. The Morgan fingerprint density at radius 1 is 1.45 bits per heavy atom. The third-order valence-electron chi connectivity index (χ3n) is 3.32. The van der Waals surface area contributed by atoms with Gasteiger partial charge in [0.15, 0.2) is 0 Å². The molecular formula is C15H22N2O3. The molecule has 0 amide bonds. The van der Waals surface area contributed by atoms with Crippen LogP contribution in [0.25, 0.3) is 0 Å². The van der Waals surface area contributed by atoms with Gasteiger partial charge in [-0.2, -0.15) is 0 Å². The zero-order valence-electron chi connectivity index (χ0n) is 11.9. The molecule has 1 fully saturated rings. The smallest absolute Gasteiger partial charge is 0.340 e. The number of nitrogens with two attached hydrogens (primary N) is 1. The zero-order chi connectivity index (χ0) is 14.4. The quantitative estimate of drug-likeness (QED) is 0.433. The van der Waals surface area contributed by atoms with Gasteiger partial charge in [-0.05, 0) is 37.3 Å². The Kier molecular flexibility index (Phi) is 5.24. The van der Waals surface area contributed by atoms with Crippen LogP contribution in [0.15, 0.2) is 18.2 Å². The van der Waals surface area contributed by atoms with Crippen molar-refractivity contribution >= 4 is 17.3 Å². The minimum Gasteiger partial charge on any atom is -0.465 e. The number of anilines is 2. The van der Waals surface area contributed by atoms with E-state index >= 15 is 0 Å². The number of rotatable bonds is 8. The fourth-order valence-corrected chi connectivity index (χ4v) is 1.97. The van der Waals surface area contributed by atoms with Crippen LogP contribution in [0.4, 0.5) is 11.4 Å². The van der Waals surface area contributed by atoms with Crippen molar-refractivity contribution in [3.63, 3.8) is 0 Å². The third-order valence-corrected chi connectivity index (χ3v) is 3.32. The summed E-state index contributed by atoms with van der Waals surface area (Å²) in [6.45, 7) is 2.31. The van der Waals surface area contributed by atoms with Crippen molar-refractivity contribution < 1.29 is 14.3 Å². The molecule has 110 valence electrons. The molecule has 0 heterocycles. The van der Waals surface area contributed by atoms with Gasteiger partial charge >= 0.3 is 5.97 Å². The number of carbonyl (C=O) groups is 1. The van der Waals surface area contributed by atoms with Crippen LogP contribution in [-0.4, -0.2) is 32.8 Å². The van der Waals surface area contributed by atoms with E-state index in [1.165, 1.54) is 20.0 Å². The summed E-state index contributed by atoms with van der Waals surface area (Å²) in [6, 6.07) is 5.21. The maximum Gasteiger partial charge on any atom is 0.340 e. The van der Waals surface area contributed by atoms with Gasteiger partial charge in [-0.15, -0.1) is 0 Å².